The van der Waals surface area contributed by atoms with Crippen molar-refractivity contribution < 1.29 is 13.9 Å². The minimum Gasteiger partial charge on any atom is -0.772 e. The van der Waals surface area contributed by atoms with Crippen molar-refractivity contribution in [3.05, 3.63) is 61.4 Å². The summed E-state index contributed by atoms with van der Waals surface area (Å²) < 4.78 is 22.9. The van der Waals surface area contributed by atoms with Crippen LogP contribution in [0.2, 0.25) is 15.1 Å². The van der Waals surface area contributed by atoms with E-state index in [-0.39, 0.29) is 39.7 Å². The van der Waals surface area contributed by atoms with Gasteiger partial charge in [0, 0.05) is 18.4 Å². The van der Waals surface area contributed by atoms with Crippen LogP contribution in [0.4, 0.5) is 5.82 Å². The van der Waals surface area contributed by atoms with Gasteiger partial charge in [-0.25, -0.2) is 4.98 Å². The molecule has 29 heavy (non-hydrogen) atoms. The van der Waals surface area contributed by atoms with Crippen LogP contribution in [0.5, 0.6) is 0 Å². The zero-order chi connectivity index (χ0) is 21.1. The lowest BCUT2D eigenvalue weighted by atomic mass is 10.1. The molecule has 1 atom stereocenters. The second-order valence-corrected chi connectivity index (χ2v) is 8.27. The maximum atomic E-state index is 12.8. The van der Waals surface area contributed by atoms with Crippen molar-refractivity contribution >= 4 is 62.6 Å². The molecule has 0 fully saturated rings. The van der Waals surface area contributed by atoms with Crippen LogP contribution < -0.4 is 10.7 Å². The first-order chi connectivity index (χ1) is 13.8. The number of nitrogens with one attached hydrogen (secondary N) is 1. The highest BCUT2D eigenvalue weighted by Crippen LogP contribution is 2.35. The first-order valence-electron chi connectivity index (χ1n) is 8.43. The number of aliphatic hydroxyl groups excluding tert-OH is 1. The fourth-order valence-electron chi connectivity index (χ4n) is 2.97. The summed E-state index contributed by atoms with van der Waals surface area (Å²) in [6.45, 7) is -0.171. The van der Waals surface area contributed by atoms with Crippen LogP contribution in [0, 0.1) is 0 Å². The summed E-state index contributed by atoms with van der Waals surface area (Å²) in [6, 6.07) is 6.20. The molecule has 154 valence electrons. The highest BCUT2D eigenvalue weighted by Gasteiger charge is 2.20. The van der Waals surface area contributed by atoms with Crippen LogP contribution in [0.1, 0.15) is 12.1 Å². The number of aromatic nitrogens is 2. The van der Waals surface area contributed by atoms with Crippen molar-refractivity contribution in [2.45, 2.75) is 13.0 Å². The van der Waals surface area contributed by atoms with E-state index >= 15 is 0 Å². The molecule has 1 aromatic carbocycles. The Hall–Kier alpha value is -1.68. The van der Waals surface area contributed by atoms with Gasteiger partial charge in [0.1, 0.15) is 5.82 Å². The van der Waals surface area contributed by atoms with Crippen LogP contribution in [-0.2, 0) is 17.7 Å². The van der Waals surface area contributed by atoms with E-state index in [2.05, 4.69) is 10.3 Å². The SMILES string of the molecule is O=c1cc(CO)n(-c2c(Cl)cccc2Cl)c2c(Cl)cnc(NCCCS(=O)[O-])c12. The van der Waals surface area contributed by atoms with Crippen LogP contribution >= 0.6 is 34.8 Å². The number of anilines is 1. The highest BCUT2D eigenvalue weighted by atomic mass is 35.5. The molecular weight excluding hydrogens is 461 g/mol. The summed E-state index contributed by atoms with van der Waals surface area (Å²) in [4.78, 5) is 17.0. The number of fused-ring (bicyclic) bond motifs is 1. The standard InChI is InChI=1S/C18H16Cl3N3O4S/c19-11-3-1-4-12(20)16(11)24-10(9-25)7-14(26)15-17(24)13(21)8-23-18(15)22-5-2-6-29(27)28/h1,3-4,7-8,25H,2,5-6,9H2,(H,22,23)(H,27,28)/p-1. The third-order valence-electron chi connectivity index (χ3n) is 4.17. The summed E-state index contributed by atoms with van der Waals surface area (Å²) >= 11 is 17.0. The molecule has 11 heteroatoms. The van der Waals surface area contributed by atoms with Gasteiger partial charge in [0.2, 0.25) is 0 Å². The Kier molecular flexibility index (Phi) is 7.15. The molecule has 0 aliphatic carbocycles. The Morgan fingerprint density at radius 2 is 1.90 bits per heavy atom. The molecule has 2 heterocycles. The Morgan fingerprint density at radius 3 is 2.52 bits per heavy atom. The van der Waals surface area contributed by atoms with E-state index < -0.39 is 23.1 Å². The van der Waals surface area contributed by atoms with Crippen molar-refractivity contribution in [1.82, 2.24) is 9.55 Å². The van der Waals surface area contributed by atoms with Gasteiger partial charge in [-0.2, -0.15) is 0 Å². The topological polar surface area (TPSA) is 107 Å². The maximum absolute atomic E-state index is 12.8. The van der Waals surface area contributed by atoms with Crippen molar-refractivity contribution in [1.29, 1.82) is 0 Å². The molecule has 2 N–H and O–H groups in total. The van der Waals surface area contributed by atoms with Crippen molar-refractivity contribution in [3.63, 3.8) is 0 Å². The fourth-order valence-corrected chi connectivity index (χ4v) is 4.14. The molecule has 0 saturated heterocycles. The molecule has 2 aromatic heterocycles. The minimum atomic E-state index is -2.15. The van der Waals surface area contributed by atoms with Gasteiger partial charge in [0.15, 0.2) is 5.43 Å². The molecule has 0 aliphatic rings. The normalized spacial score (nSPS) is 12.3. The Labute approximate surface area is 183 Å². The number of nitrogens with zero attached hydrogens (tertiary/aromatic N) is 2. The van der Waals surface area contributed by atoms with E-state index in [0.29, 0.717) is 22.2 Å². The predicted molar refractivity (Wildman–Crippen MR) is 115 cm³/mol. The molecule has 0 spiro atoms. The molecule has 3 rings (SSSR count). The summed E-state index contributed by atoms with van der Waals surface area (Å²) in [7, 11) is 0. The van der Waals surface area contributed by atoms with E-state index in [9.17, 15) is 18.7 Å². The molecule has 3 aromatic rings. The molecule has 7 nitrogen and oxygen atoms in total. The fraction of sp³-hybridized carbons (Fsp3) is 0.222. The average Bonchev–Trinajstić information content (AvgIpc) is 2.67. The smallest absolute Gasteiger partial charge is 0.193 e. The van der Waals surface area contributed by atoms with Crippen LogP contribution in [-0.4, -0.2) is 35.7 Å². The first-order valence-corrected chi connectivity index (χ1v) is 10.8. The van der Waals surface area contributed by atoms with Crippen LogP contribution in [0.25, 0.3) is 16.6 Å². The lowest BCUT2D eigenvalue weighted by molar-refractivity contribution is 0.274. The van der Waals surface area contributed by atoms with Crippen molar-refractivity contribution in [3.8, 4) is 5.69 Å². The van der Waals surface area contributed by atoms with Gasteiger partial charge in [-0.05, 0) is 18.6 Å². The molecule has 0 radical (unpaired) electrons. The second-order valence-electron chi connectivity index (χ2n) is 6.03. The largest absolute Gasteiger partial charge is 0.772 e. The molecule has 1 unspecified atom stereocenters. The number of benzene rings is 1. The van der Waals surface area contributed by atoms with Crippen LogP contribution in [0.3, 0.4) is 0 Å². The highest BCUT2D eigenvalue weighted by molar-refractivity contribution is 7.79. The van der Waals surface area contributed by atoms with E-state index in [1.165, 1.54) is 16.8 Å². The zero-order valence-electron chi connectivity index (χ0n) is 14.8. The van der Waals surface area contributed by atoms with E-state index in [4.69, 9.17) is 34.8 Å². The predicted octanol–water partition coefficient (Wildman–Crippen LogP) is 3.52. The first kappa shape index (κ1) is 22.0. The van der Waals surface area contributed by atoms with Gasteiger partial charge in [-0.1, -0.05) is 51.9 Å². The quantitative estimate of drug-likeness (QED) is 0.400. The molecular formula is C18H15Cl3N3O4S-. The summed E-state index contributed by atoms with van der Waals surface area (Å²) in [5.74, 6) is 0.222. The number of hydrogen-bond acceptors (Lipinski definition) is 6. The molecule has 0 amide bonds. The maximum Gasteiger partial charge on any atom is 0.193 e. The number of rotatable bonds is 7. The van der Waals surface area contributed by atoms with Crippen molar-refractivity contribution in [2.75, 3.05) is 17.6 Å². The molecule has 0 saturated carbocycles. The summed E-state index contributed by atoms with van der Waals surface area (Å²) in [5.41, 5.74) is 0.487. The van der Waals surface area contributed by atoms with Gasteiger partial charge in [-0.15, -0.1) is 0 Å². The van der Waals surface area contributed by atoms with E-state index in [1.54, 1.807) is 18.2 Å². The number of hydrogen-bond donors (Lipinski definition) is 2. The number of halogens is 3. The summed E-state index contributed by atoms with van der Waals surface area (Å²) in [5, 5.41) is 13.8. The molecule has 0 aliphatic heterocycles. The Bertz CT molecular complexity index is 1130. The van der Waals surface area contributed by atoms with Gasteiger partial charge in [-0.3, -0.25) is 9.00 Å². The minimum absolute atomic E-state index is 0.0212. The van der Waals surface area contributed by atoms with E-state index in [1.807, 2.05) is 0 Å². The van der Waals surface area contributed by atoms with Crippen molar-refractivity contribution in [2.24, 2.45) is 0 Å². The summed E-state index contributed by atoms with van der Waals surface area (Å²) in [6.07, 6.45) is 1.70. The third-order valence-corrected chi connectivity index (χ3v) is 5.67. The number of para-hydroxylation sites is 1. The Morgan fingerprint density at radius 1 is 1.21 bits per heavy atom. The van der Waals surface area contributed by atoms with Gasteiger partial charge >= 0.3 is 0 Å². The van der Waals surface area contributed by atoms with E-state index in [0.717, 1.165) is 0 Å². The molecule has 0 bridgehead atoms. The van der Waals surface area contributed by atoms with Gasteiger partial charge in [0.05, 0.1) is 50.2 Å². The number of pyridine rings is 2. The lowest BCUT2D eigenvalue weighted by Crippen LogP contribution is -2.17. The van der Waals surface area contributed by atoms with Gasteiger partial charge in [0.25, 0.3) is 0 Å². The Balaban J connectivity index is 2.26. The zero-order valence-corrected chi connectivity index (χ0v) is 17.9. The number of aliphatic hydroxyl groups is 1. The third kappa shape index (κ3) is 4.58. The van der Waals surface area contributed by atoms with Gasteiger partial charge < -0.3 is 19.5 Å². The average molecular weight is 476 g/mol. The van der Waals surface area contributed by atoms with Crippen LogP contribution in [0.15, 0.2) is 35.3 Å². The monoisotopic (exact) mass is 474 g/mol. The second kappa shape index (κ2) is 9.42. The lowest BCUT2D eigenvalue weighted by Gasteiger charge is -2.20.